The molecule has 12 rings (SSSR count). The normalized spacial score (nSPS) is 23.4. The Bertz CT molecular complexity index is 2930. The number of nitrogens with two attached hydrogens (primary N) is 1. The van der Waals surface area contributed by atoms with E-state index in [1.807, 2.05) is 49.1 Å². The number of carbonyl (C=O) groups excluding carboxylic acids is 3. The highest BCUT2D eigenvalue weighted by atomic mass is 35.5. The van der Waals surface area contributed by atoms with E-state index < -0.39 is 11.7 Å². The zero-order chi connectivity index (χ0) is 47.9. The number of anilines is 2. The Morgan fingerprint density at radius 3 is 1.86 bits per heavy atom. The fourth-order valence-electron chi connectivity index (χ4n) is 10.7. The standard InChI is InChI=1S/C34H35F3N4O4.C18H17N3O3.ClH/c1-3-40-10-12-41(13-11-40)18-21-5-4-20(15-26(21)34(35,36)37)27(42)17-25-30-24-16-22(14-19(2)31(24)45-32(25)30)44-28-8-9-38-33-23(28)6-7-29(43)39-33;1-8-6-9(7-11-14-15(19)17(14)24-16(8)11)23-12-4-5-20-18-10(12)2-3-13(22)21-18;/h4-5,8-9,14-16,25,30,32H,3,6-7,10-13,17-18H2,1-2H3,(H,38,39,43);4-7,14-15,17H,2-3,19H2,1H3,(H,20,21,22);1H. The predicted octanol–water partition coefficient (Wildman–Crippen LogP) is 8.65. The van der Waals surface area contributed by atoms with Gasteiger partial charge in [-0.1, -0.05) is 19.1 Å². The van der Waals surface area contributed by atoms with Crippen molar-refractivity contribution in [2.24, 2.45) is 11.7 Å². The number of benzene rings is 3. The molecule has 0 spiro atoms. The van der Waals surface area contributed by atoms with Crippen LogP contribution in [0, 0.1) is 19.8 Å². The van der Waals surface area contributed by atoms with Gasteiger partial charge in [0.25, 0.3) is 0 Å². The lowest BCUT2D eigenvalue weighted by atomic mass is 9.96. The number of hydrogen-bond acceptors (Lipinski definition) is 12. The summed E-state index contributed by atoms with van der Waals surface area (Å²) in [6.45, 7) is 10.3. The number of carbonyl (C=O) groups is 3. The molecule has 2 aromatic heterocycles. The molecule has 70 heavy (non-hydrogen) atoms. The molecule has 2 aliphatic carbocycles. The number of ether oxygens (including phenoxy) is 4. The van der Waals surface area contributed by atoms with Gasteiger partial charge in [0.05, 0.1) is 11.6 Å². The van der Waals surface area contributed by atoms with Crippen molar-refractivity contribution in [2.45, 2.75) is 95.7 Å². The van der Waals surface area contributed by atoms with Crippen molar-refractivity contribution < 1.29 is 46.5 Å². The van der Waals surface area contributed by atoms with Gasteiger partial charge in [-0.15, -0.1) is 12.4 Å². The van der Waals surface area contributed by atoms with Crippen LogP contribution in [0.2, 0.25) is 0 Å². The van der Waals surface area contributed by atoms with Crippen molar-refractivity contribution in [1.82, 2.24) is 19.8 Å². The van der Waals surface area contributed by atoms with E-state index in [1.165, 1.54) is 12.1 Å². The molecule has 0 bridgehead atoms. The lowest BCUT2D eigenvalue weighted by Gasteiger charge is -2.34. The van der Waals surface area contributed by atoms with E-state index >= 15 is 0 Å². The zero-order valence-electron chi connectivity index (χ0n) is 38.9. The number of nitrogens with zero attached hydrogens (tertiary/aromatic N) is 4. The molecule has 5 aliphatic heterocycles. The highest BCUT2D eigenvalue weighted by molar-refractivity contribution is 5.97. The molecule has 7 heterocycles. The van der Waals surface area contributed by atoms with Crippen LogP contribution in [-0.2, 0) is 35.2 Å². The van der Waals surface area contributed by atoms with Gasteiger partial charge < -0.3 is 40.2 Å². The molecular weight excluding hydrogens is 927 g/mol. The number of pyridine rings is 2. The molecule has 7 aliphatic rings. The molecule has 2 amide bonds. The van der Waals surface area contributed by atoms with Crippen LogP contribution in [0.15, 0.2) is 67.0 Å². The molecule has 3 aromatic carbocycles. The number of Topliss-reactive ketones (excluding diaryl/α,β-unsaturated/α-hetero) is 1. The average molecular weight is 980 g/mol. The molecule has 2 saturated carbocycles. The Kier molecular flexibility index (Phi) is 12.5. The summed E-state index contributed by atoms with van der Waals surface area (Å²) in [5.41, 5.74) is 11.4. The number of halogens is 4. The second kappa shape index (κ2) is 18.5. The van der Waals surface area contributed by atoms with Crippen LogP contribution in [0.25, 0.3) is 0 Å². The minimum atomic E-state index is -4.55. The molecule has 1 saturated heterocycles. The van der Waals surface area contributed by atoms with Crippen molar-refractivity contribution in [3.8, 4) is 34.5 Å². The second-order valence-corrected chi connectivity index (χ2v) is 19.1. The van der Waals surface area contributed by atoms with Gasteiger partial charge in [-0.2, -0.15) is 13.2 Å². The first kappa shape index (κ1) is 47.4. The molecule has 18 heteroatoms. The Balaban J connectivity index is 0.000000190. The number of rotatable bonds is 10. The third-order valence-corrected chi connectivity index (χ3v) is 14.5. The molecule has 14 nitrogen and oxygen atoms in total. The first-order chi connectivity index (χ1) is 33.2. The van der Waals surface area contributed by atoms with E-state index in [2.05, 4.69) is 32.4 Å². The molecular formula is C52H53ClF3N7O7. The minimum absolute atomic E-state index is 0. The number of aryl methyl sites for hydroxylation is 2. The molecule has 4 N–H and O–H groups in total. The maximum atomic E-state index is 14.1. The van der Waals surface area contributed by atoms with E-state index in [9.17, 15) is 27.6 Å². The van der Waals surface area contributed by atoms with E-state index in [4.69, 9.17) is 24.7 Å². The summed E-state index contributed by atoms with van der Waals surface area (Å²) in [6.07, 6.45) is 0.686. The zero-order valence-corrected chi connectivity index (χ0v) is 39.7. The summed E-state index contributed by atoms with van der Waals surface area (Å²) in [4.78, 5) is 49.4. The fourth-order valence-corrected chi connectivity index (χ4v) is 10.7. The van der Waals surface area contributed by atoms with E-state index in [0.717, 1.165) is 82.1 Å². The Hall–Kier alpha value is -6.27. The third-order valence-electron chi connectivity index (χ3n) is 14.5. The maximum Gasteiger partial charge on any atom is 0.416 e. The lowest BCUT2D eigenvalue weighted by molar-refractivity contribution is -0.138. The van der Waals surface area contributed by atoms with Gasteiger partial charge >= 0.3 is 6.18 Å². The Morgan fingerprint density at radius 1 is 0.757 bits per heavy atom. The molecule has 6 atom stereocenters. The number of amides is 2. The summed E-state index contributed by atoms with van der Waals surface area (Å²) in [5.74, 6) is 5.27. The number of hydrogen-bond donors (Lipinski definition) is 3. The number of fused-ring (bicyclic) bond motifs is 8. The molecule has 6 unspecified atom stereocenters. The molecule has 366 valence electrons. The number of aromatic nitrogens is 2. The van der Waals surface area contributed by atoms with Crippen molar-refractivity contribution in [3.05, 3.63) is 117 Å². The summed E-state index contributed by atoms with van der Waals surface area (Å²) in [7, 11) is 0. The SMILES string of the molecule is CCN1CCN(Cc2ccc(C(=O)CC3C4Oc5c(C)cc(Oc6ccnc7c6CCC(=O)N7)cc5C34)cc2C(F)(F)F)CC1.Cc1cc(Oc2ccnc3c2CCC(=O)N3)cc2c1OC1C(N)C21.Cl. The molecule has 0 radical (unpaired) electrons. The molecule has 3 fully saturated rings. The largest absolute Gasteiger partial charge is 0.489 e. The first-order valence-electron chi connectivity index (χ1n) is 23.7. The third kappa shape index (κ3) is 9.04. The summed E-state index contributed by atoms with van der Waals surface area (Å²) >= 11 is 0. The van der Waals surface area contributed by atoms with Crippen molar-refractivity contribution in [3.63, 3.8) is 0 Å². The van der Waals surface area contributed by atoms with Crippen LogP contribution in [0.1, 0.15) is 92.9 Å². The maximum absolute atomic E-state index is 14.1. The minimum Gasteiger partial charge on any atom is -0.489 e. The highest BCUT2D eigenvalue weighted by Gasteiger charge is 2.60. The van der Waals surface area contributed by atoms with E-state index in [1.54, 1.807) is 18.5 Å². The van der Waals surface area contributed by atoms with Gasteiger partial charge in [-0.25, -0.2) is 9.97 Å². The highest BCUT2D eigenvalue weighted by Crippen LogP contribution is 2.61. The van der Waals surface area contributed by atoms with Gasteiger partial charge in [0.15, 0.2) is 5.78 Å². The van der Waals surface area contributed by atoms with Gasteiger partial charge in [0, 0.05) is 110 Å². The van der Waals surface area contributed by atoms with Crippen molar-refractivity contribution in [2.75, 3.05) is 43.4 Å². The second-order valence-electron chi connectivity index (χ2n) is 19.1. The first-order valence-corrected chi connectivity index (χ1v) is 23.7. The number of alkyl halides is 3. The lowest BCUT2D eigenvalue weighted by Crippen LogP contribution is -2.45. The summed E-state index contributed by atoms with van der Waals surface area (Å²) in [6, 6.07) is 15.5. The number of piperazine rings is 1. The van der Waals surface area contributed by atoms with Gasteiger partial charge in [0.1, 0.15) is 58.3 Å². The van der Waals surface area contributed by atoms with Crippen LogP contribution >= 0.6 is 12.4 Å². The van der Waals surface area contributed by atoms with Crippen LogP contribution in [0.4, 0.5) is 24.8 Å². The monoisotopic (exact) mass is 979 g/mol. The average Bonchev–Trinajstić information content (AvgIpc) is 4.03. The van der Waals surface area contributed by atoms with Crippen LogP contribution < -0.4 is 35.3 Å². The number of nitrogens with one attached hydrogen (secondary N) is 2. The fraction of sp³-hybridized carbons (Fsp3) is 0.404. The topological polar surface area (TPSA) is 170 Å². The van der Waals surface area contributed by atoms with Crippen LogP contribution in [0.5, 0.6) is 34.5 Å². The van der Waals surface area contributed by atoms with Gasteiger partial charge in [-0.3, -0.25) is 19.3 Å². The predicted molar refractivity (Wildman–Crippen MR) is 256 cm³/mol. The van der Waals surface area contributed by atoms with E-state index in [-0.39, 0.29) is 90.1 Å². The summed E-state index contributed by atoms with van der Waals surface area (Å²) < 4.78 is 66.9. The number of ketones is 1. The number of likely N-dealkylation sites (N-methyl/N-ethyl adjacent to an activating group) is 1. The summed E-state index contributed by atoms with van der Waals surface area (Å²) in [5, 5.41) is 5.57. The van der Waals surface area contributed by atoms with Gasteiger partial charge in [-0.05, 0) is 92.4 Å². The van der Waals surface area contributed by atoms with Gasteiger partial charge in [0.2, 0.25) is 11.8 Å². The quantitative estimate of drug-likeness (QED) is 0.114. The Morgan fingerprint density at radius 2 is 1.30 bits per heavy atom. The van der Waals surface area contributed by atoms with Crippen LogP contribution in [0.3, 0.4) is 0 Å². The van der Waals surface area contributed by atoms with Crippen molar-refractivity contribution in [1.29, 1.82) is 0 Å². The van der Waals surface area contributed by atoms with Crippen LogP contribution in [-0.4, -0.2) is 88.3 Å². The van der Waals surface area contributed by atoms with Crippen molar-refractivity contribution >= 4 is 41.6 Å². The Labute approximate surface area is 408 Å². The van der Waals surface area contributed by atoms with E-state index in [0.29, 0.717) is 61.9 Å². The smallest absolute Gasteiger partial charge is 0.416 e. The molecule has 5 aromatic rings.